The van der Waals surface area contributed by atoms with E-state index in [4.69, 9.17) is 9.52 Å². The van der Waals surface area contributed by atoms with Crippen molar-refractivity contribution >= 4 is 29.0 Å². The molecule has 0 atom stereocenters. The fraction of sp³-hybridized carbons (Fsp3) is 0. The molecule has 4 aromatic rings. The number of hydrogen-bond acceptors (Lipinski definition) is 6. The number of oxazole rings is 1. The summed E-state index contributed by atoms with van der Waals surface area (Å²) in [5.74, 6) is -0.635. The highest BCUT2D eigenvalue weighted by atomic mass is 16.4. The van der Waals surface area contributed by atoms with E-state index in [1.807, 2.05) is 12.1 Å². The van der Waals surface area contributed by atoms with Crippen LogP contribution >= 0.6 is 0 Å². The van der Waals surface area contributed by atoms with Gasteiger partial charge in [0.2, 0.25) is 5.89 Å². The Morgan fingerprint density at radius 3 is 2.67 bits per heavy atom. The van der Waals surface area contributed by atoms with Gasteiger partial charge >= 0.3 is 5.97 Å². The van der Waals surface area contributed by atoms with Crippen molar-refractivity contribution in [1.29, 1.82) is 0 Å². The molecule has 7 nitrogen and oxygen atoms in total. The lowest BCUT2D eigenvalue weighted by Gasteiger charge is -2.00. The molecule has 2 aromatic heterocycles. The Bertz CT molecular complexity index is 1170. The molecular weight excluding hydrogens is 346 g/mol. The van der Waals surface area contributed by atoms with Gasteiger partial charge in [0, 0.05) is 29.7 Å². The third kappa shape index (κ3) is 3.38. The molecule has 2 heterocycles. The zero-order valence-corrected chi connectivity index (χ0v) is 13.9. The largest absolute Gasteiger partial charge is 0.507 e. The van der Waals surface area contributed by atoms with Gasteiger partial charge in [-0.05, 0) is 48.5 Å². The highest BCUT2D eigenvalue weighted by Crippen LogP contribution is 2.27. The molecule has 0 aliphatic carbocycles. The number of rotatable bonds is 4. The van der Waals surface area contributed by atoms with Gasteiger partial charge in [-0.15, -0.1) is 0 Å². The number of aromatic hydroxyl groups is 1. The number of aromatic nitrogens is 2. The zero-order valence-electron chi connectivity index (χ0n) is 13.9. The summed E-state index contributed by atoms with van der Waals surface area (Å²) in [7, 11) is 0. The van der Waals surface area contributed by atoms with Gasteiger partial charge < -0.3 is 14.6 Å². The third-order valence-corrected chi connectivity index (χ3v) is 3.93. The summed E-state index contributed by atoms with van der Waals surface area (Å²) in [5, 5.41) is 18.9. The summed E-state index contributed by atoms with van der Waals surface area (Å²) in [6.07, 6.45) is 4.74. The van der Waals surface area contributed by atoms with Crippen molar-refractivity contribution in [1.82, 2.24) is 9.97 Å². The summed E-state index contributed by atoms with van der Waals surface area (Å²) in [4.78, 5) is 23.8. The maximum absolute atomic E-state index is 11.1. The second-order valence-electron chi connectivity index (χ2n) is 5.74. The van der Waals surface area contributed by atoms with Crippen LogP contribution in [0.4, 0.5) is 5.69 Å². The quantitative estimate of drug-likeness (QED) is 0.532. The molecule has 0 radical (unpaired) electrons. The van der Waals surface area contributed by atoms with E-state index >= 15 is 0 Å². The first kappa shape index (κ1) is 16.5. The maximum Gasteiger partial charge on any atom is 0.335 e. The molecule has 0 saturated carbocycles. The van der Waals surface area contributed by atoms with Gasteiger partial charge in [0.1, 0.15) is 11.3 Å². The van der Waals surface area contributed by atoms with Crippen LogP contribution in [0.1, 0.15) is 15.9 Å². The molecule has 2 N–H and O–H groups in total. The summed E-state index contributed by atoms with van der Waals surface area (Å²) < 4.78 is 5.74. The van der Waals surface area contributed by atoms with Crippen LogP contribution in [-0.4, -0.2) is 32.4 Å². The summed E-state index contributed by atoms with van der Waals surface area (Å²) in [5.41, 5.74) is 3.06. The second-order valence-corrected chi connectivity index (χ2v) is 5.74. The fourth-order valence-electron chi connectivity index (χ4n) is 2.55. The normalized spacial score (nSPS) is 11.3. The minimum atomic E-state index is -1.07. The van der Waals surface area contributed by atoms with Crippen LogP contribution in [0.5, 0.6) is 5.75 Å². The molecule has 7 heteroatoms. The number of hydrogen-bond donors (Lipinski definition) is 2. The Morgan fingerprint density at radius 1 is 1.07 bits per heavy atom. The topological polar surface area (TPSA) is 109 Å². The number of carboxylic acid groups (broad SMARTS) is 1. The molecule has 132 valence electrons. The number of carbonyl (C=O) groups is 1. The molecular formula is C20H13N3O4. The number of aliphatic imine (C=N–C) groups is 1. The van der Waals surface area contributed by atoms with Crippen LogP contribution in [-0.2, 0) is 0 Å². The first-order chi connectivity index (χ1) is 13.1. The summed E-state index contributed by atoms with van der Waals surface area (Å²) >= 11 is 0. The second kappa shape index (κ2) is 6.72. The van der Waals surface area contributed by atoms with E-state index in [2.05, 4.69) is 15.0 Å². The molecule has 0 fully saturated rings. The Hall–Kier alpha value is -4.00. The highest BCUT2D eigenvalue weighted by molar-refractivity contribution is 5.93. The van der Waals surface area contributed by atoms with E-state index < -0.39 is 5.97 Å². The van der Waals surface area contributed by atoms with Crippen LogP contribution in [0.2, 0.25) is 0 Å². The van der Waals surface area contributed by atoms with Crippen molar-refractivity contribution in [3.8, 4) is 17.2 Å². The molecule has 0 aliphatic heterocycles. The van der Waals surface area contributed by atoms with E-state index in [0.29, 0.717) is 28.2 Å². The lowest BCUT2D eigenvalue weighted by Crippen LogP contribution is -1.97. The molecule has 27 heavy (non-hydrogen) atoms. The van der Waals surface area contributed by atoms with Crippen molar-refractivity contribution in [3.63, 3.8) is 0 Å². The Kier molecular flexibility index (Phi) is 4.10. The Balaban J connectivity index is 1.66. The van der Waals surface area contributed by atoms with Crippen LogP contribution in [0.3, 0.4) is 0 Å². The van der Waals surface area contributed by atoms with Crippen molar-refractivity contribution in [2.75, 3.05) is 0 Å². The van der Waals surface area contributed by atoms with Gasteiger partial charge in [0.25, 0.3) is 0 Å². The van der Waals surface area contributed by atoms with E-state index in [0.717, 1.165) is 5.56 Å². The lowest BCUT2D eigenvalue weighted by molar-refractivity contribution is 0.0697. The number of nitrogens with zero attached hydrogens (tertiary/aromatic N) is 3. The average molecular weight is 359 g/mol. The summed E-state index contributed by atoms with van der Waals surface area (Å²) in [6.45, 7) is 0. The standard InChI is InChI=1S/C20H13N3O4/c24-17-3-1-13(20(25)26)9-14(17)11-22-15-2-4-18-16(10-15)23-19(27-18)12-5-7-21-8-6-12/h1-11,24H,(H,25,26). The van der Waals surface area contributed by atoms with E-state index in [9.17, 15) is 9.90 Å². The van der Waals surface area contributed by atoms with E-state index in [1.165, 1.54) is 24.4 Å². The highest BCUT2D eigenvalue weighted by Gasteiger charge is 2.09. The molecule has 0 aliphatic rings. The van der Waals surface area contributed by atoms with Crippen molar-refractivity contribution in [2.45, 2.75) is 0 Å². The maximum atomic E-state index is 11.1. The zero-order chi connectivity index (χ0) is 18.8. The molecule has 2 aromatic carbocycles. The van der Waals surface area contributed by atoms with Crippen molar-refractivity contribution < 1.29 is 19.4 Å². The number of phenolic OH excluding ortho intramolecular Hbond substituents is 1. The van der Waals surface area contributed by atoms with Crippen LogP contribution < -0.4 is 0 Å². The van der Waals surface area contributed by atoms with Gasteiger partial charge in [-0.1, -0.05) is 0 Å². The van der Waals surface area contributed by atoms with Gasteiger partial charge in [-0.3, -0.25) is 9.98 Å². The molecule has 0 bridgehead atoms. The molecule has 0 amide bonds. The van der Waals surface area contributed by atoms with Gasteiger partial charge in [-0.25, -0.2) is 9.78 Å². The minimum Gasteiger partial charge on any atom is -0.507 e. The van der Waals surface area contributed by atoms with Crippen LogP contribution in [0.15, 0.2) is 70.3 Å². The molecule has 4 rings (SSSR count). The predicted octanol–water partition coefficient (Wildman–Crippen LogP) is 4.04. The number of benzene rings is 2. The average Bonchev–Trinajstić information content (AvgIpc) is 3.11. The monoisotopic (exact) mass is 359 g/mol. The minimum absolute atomic E-state index is 0.0498. The predicted molar refractivity (Wildman–Crippen MR) is 99.6 cm³/mol. The van der Waals surface area contributed by atoms with Crippen molar-refractivity contribution in [2.24, 2.45) is 4.99 Å². The van der Waals surface area contributed by atoms with Crippen LogP contribution in [0, 0.1) is 0 Å². The number of aromatic carboxylic acids is 1. The number of pyridine rings is 1. The fourth-order valence-corrected chi connectivity index (χ4v) is 2.55. The first-order valence-corrected chi connectivity index (χ1v) is 8.01. The first-order valence-electron chi connectivity index (χ1n) is 8.01. The summed E-state index contributed by atoms with van der Waals surface area (Å²) in [6, 6.07) is 12.9. The van der Waals surface area contributed by atoms with Gasteiger partial charge in [0.05, 0.1) is 11.3 Å². The molecule has 0 unspecified atom stereocenters. The van der Waals surface area contributed by atoms with Gasteiger partial charge in [0.15, 0.2) is 5.58 Å². The van der Waals surface area contributed by atoms with E-state index in [-0.39, 0.29) is 11.3 Å². The Morgan fingerprint density at radius 2 is 1.89 bits per heavy atom. The third-order valence-electron chi connectivity index (χ3n) is 3.93. The van der Waals surface area contributed by atoms with Gasteiger partial charge in [-0.2, -0.15) is 0 Å². The number of fused-ring (bicyclic) bond motifs is 1. The number of phenols is 1. The smallest absolute Gasteiger partial charge is 0.335 e. The van der Waals surface area contributed by atoms with Crippen LogP contribution in [0.25, 0.3) is 22.6 Å². The molecule has 0 spiro atoms. The lowest BCUT2D eigenvalue weighted by atomic mass is 10.1. The SMILES string of the molecule is O=C(O)c1ccc(O)c(C=Nc2ccc3oc(-c4ccncc4)nc3c2)c1. The van der Waals surface area contributed by atoms with E-state index in [1.54, 1.807) is 30.6 Å². The van der Waals surface area contributed by atoms with Crippen molar-refractivity contribution in [3.05, 3.63) is 72.1 Å². The number of carboxylic acids is 1. The Labute approximate surface area is 153 Å². The molecule has 0 saturated heterocycles.